The second kappa shape index (κ2) is 7.98. The molecule has 1 aliphatic carbocycles. The van der Waals surface area contributed by atoms with E-state index in [9.17, 15) is 18.0 Å². The summed E-state index contributed by atoms with van der Waals surface area (Å²) in [5.74, 6) is -0.592. The van der Waals surface area contributed by atoms with Crippen LogP contribution in [0.1, 0.15) is 49.4 Å². The fourth-order valence-corrected chi connectivity index (χ4v) is 5.16. The third kappa shape index (κ3) is 4.50. The summed E-state index contributed by atoms with van der Waals surface area (Å²) in [6.45, 7) is 2.73. The first-order valence-electron chi connectivity index (χ1n) is 9.46. The van der Waals surface area contributed by atoms with Crippen LogP contribution in [0.4, 0.5) is 0 Å². The van der Waals surface area contributed by atoms with Crippen LogP contribution in [0.15, 0.2) is 29.2 Å². The van der Waals surface area contributed by atoms with Crippen LogP contribution in [0.25, 0.3) is 0 Å². The molecular weight excluding hydrogens is 368 g/mol. The van der Waals surface area contributed by atoms with Gasteiger partial charge >= 0.3 is 5.97 Å². The van der Waals surface area contributed by atoms with Gasteiger partial charge in [-0.05, 0) is 55.9 Å². The second-order valence-electron chi connectivity index (χ2n) is 7.41. The van der Waals surface area contributed by atoms with E-state index in [1.165, 1.54) is 28.6 Å². The molecule has 2 aliphatic rings. The highest BCUT2D eigenvalue weighted by atomic mass is 32.2. The van der Waals surface area contributed by atoms with Crippen LogP contribution in [0.3, 0.4) is 0 Å². The van der Waals surface area contributed by atoms with Crippen LogP contribution < -0.4 is 5.32 Å². The number of nitrogens with zero attached hydrogens (tertiary/aromatic N) is 1. The van der Waals surface area contributed by atoms with Crippen LogP contribution in [-0.2, 0) is 14.8 Å². The number of carboxylic acids is 1. The fraction of sp³-hybridized carbons (Fsp3) is 0.579. The van der Waals surface area contributed by atoms with Crippen molar-refractivity contribution in [3.05, 3.63) is 29.8 Å². The third-order valence-electron chi connectivity index (χ3n) is 5.47. The number of benzene rings is 1. The average molecular weight is 394 g/mol. The summed E-state index contributed by atoms with van der Waals surface area (Å²) in [5, 5.41) is 12.0. The predicted octanol–water partition coefficient (Wildman–Crippen LogP) is 2.09. The monoisotopic (exact) mass is 394 g/mol. The number of hydrogen-bond donors (Lipinski definition) is 2. The highest BCUT2D eigenvalue weighted by Gasteiger charge is 2.39. The molecule has 1 aromatic rings. The molecule has 7 nitrogen and oxygen atoms in total. The molecule has 1 aliphatic heterocycles. The quantitative estimate of drug-likeness (QED) is 0.737. The maximum absolute atomic E-state index is 12.7. The first-order chi connectivity index (χ1) is 12.8. The van der Waals surface area contributed by atoms with Gasteiger partial charge in [-0.2, -0.15) is 4.31 Å². The number of hydrogen-bond acceptors (Lipinski definition) is 4. The molecule has 2 unspecified atom stereocenters. The molecule has 1 aromatic carbocycles. The van der Waals surface area contributed by atoms with Gasteiger partial charge in [0.1, 0.15) is 0 Å². The van der Waals surface area contributed by atoms with Crippen molar-refractivity contribution < 1.29 is 23.1 Å². The first kappa shape index (κ1) is 19.8. The maximum atomic E-state index is 12.7. The molecule has 0 radical (unpaired) electrons. The minimum Gasteiger partial charge on any atom is -0.478 e. The van der Waals surface area contributed by atoms with Crippen LogP contribution in [0, 0.1) is 11.8 Å². The van der Waals surface area contributed by atoms with Crippen molar-refractivity contribution in [3.8, 4) is 0 Å². The Morgan fingerprint density at radius 1 is 1.19 bits per heavy atom. The molecular formula is C19H26N2O5S. The predicted molar refractivity (Wildman–Crippen MR) is 99.8 cm³/mol. The van der Waals surface area contributed by atoms with Gasteiger partial charge in [0.15, 0.2) is 0 Å². The summed E-state index contributed by atoms with van der Waals surface area (Å²) in [6.07, 6.45) is 4.33. The van der Waals surface area contributed by atoms with Gasteiger partial charge in [-0.1, -0.05) is 13.3 Å². The number of piperidine rings is 1. The molecule has 148 valence electrons. The molecule has 1 amide bonds. The molecule has 3 rings (SSSR count). The molecule has 27 heavy (non-hydrogen) atoms. The SMILES string of the molecule is CCCC1CC1NC(=O)C1CCN(S(=O)(=O)c2ccc(C(=O)O)cc2)CC1. The molecule has 2 atom stereocenters. The number of nitrogens with one attached hydrogen (secondary N) is 1. The van der Waals surface area contributed by atoms with Crippen LogP contribution >= 0.6 is 0 Å². The average Bonchev–Trinajstić information content (AvgIpc) is 3.39. The zero-order valence-electron chi connectivity index (χ0n) is 15.4. The molecule has 0 aromatic heterocycles. The summed E-state index contributed by atoms with van der Waals surface area (Å²) >= 11 is 0. The lowest BCUT2D eigenvalue weighted by Gasteiger charge is -2.30. The molecule has 8 heteroatoms. The summed E-state index contributed by atoms with van der Waals surface area (Å²) < 4.78 is 26.8. The summed E-state index contributed by atoms with van der Waals surface area (Å²) in [7, 11) is -3.67. The number of sulfonamides is 1. The molecule has 0 spiro atoms. The topological polar surface area (TPSA) is 104 Å². The molecule has 1 saturated heterocycles. The van der Waals surface area contributed by atoms with Crippen molar-refractivity contribution in [2.24, 2.45) is 11.8 Å². The van der Waals surface area contributed by atoms with Gasteiger partial charge in [-0.25, -0.2) is 13.2 Å². The lowest BCUT2D eigenvalue weighted by atomic mass is 9.97. The van der Waals surface area contributed by atoms with Gasteiger partial charge in [0, 0.05) is 25.0 Å². The Bertz CT molecular complexity index is 798. The fourth-order valence-electron chi connectivity index (χ4n) is 3.69. The Morgan fingerprint density at radius 2 is 1.81 bits per heavy atom. The number of rotatable bonds is 7. The summed E-state index contributed by atoms with van der Waals surface area (Å²) in [4.78, 5) is 23.4. The summed E-state index contributed by atoms with van der Waals surface area (Å²) in [6, 6.07) is 5.51. The van der Waals surface area contributed by atoms with Crippen LogP contribution in [-0.4, -0.2) is 48.8 Å². The van der Waals surface area contributed by atoms with E-state index < -0.39 is 16.0 Å². The molecule has 0 bridgehead atoms. The summed E-state index contributed by atoms with van der Waals surface area (Å²) in [5.41, 5.74) is 0.0470. The highest BCUT2D eigenvalue weighted by molar-refractivity contribution is 7.89. The number of carbonyl (C=O) groups excluding carboxylic acids is 1. The smallest absolute Gasteiger partial charge is 0.335 e. The zero-order chi connectivity index (χ0) is 19.6. The third-order valence-corrected chi connectivity index (χ3v) is 7.39. The first-order valence-corrected chi connectivity index (χ1v) is 10.9. The van der Waals surface area contributed by atoms with Gasteiger partial charge in [-0.3, -0.25) is 4.79 Å². The molecule has 2 N–H and O–H groups in total. The number of aromatic carboxylic acids is 1. The lowest BCUT2D eigenvalue weighted by molar-refractivity contribution is -0.126. The Hall–Kier alpha value is -1.93. The van der Waals surface area contributed by atoms with E-state index >= 15 is 0 Å². The van der Waals surface area contributed by atoms with Gasteiger partial charge in [-0.15, -0.1) is 0 Å². The molecule has 1 saturated carbocycles. The molecule has 2 fully saturated rings. The van der Waals surface area contributed by atoms with E-state index in [4.69, 9.17) is 5.11 Å². The van der Waals surface area contributed by atoms with E-state index in [1.54, 1.807) is 0 Å². The van der Waals surface area contributed by atoms with Gasteiger partial charge in [0.25, 0.3) is 0 Å². The number of amides is 1. The zero-order valence-corrected chi connectivity index (χ0v) is 16.2. The van der Waals surface area contributed by atoms with E-state index in [2.05, 4.69) is 12.2 Å². The van der Waals surface area contributed by atoms with Crippen molar-refractivity contribution in [1.82, 2.24) is 9.62 Å². The minimum absolute atomic E-state index is 0.0430. The Kier molecular flexibility index (Phi) is 5.86. The molecule has 1 heterocycles. The Balaban J connectivity index is 1.55. The van der Waals surface area contributed by atoms with Crippen molar-refractivity contribution in [2.75, 3.05) is 13.1 Å². The van der Waals surface area contributed by atoms with Crippen molar-refractivity contribution in [1.29, 1.82) is 0 Å². The van der Waals surface area contributed by atoms with E-state index in [-0.39, 0.29) is 22.3 Å². The largest absolute Gasteiger partial charge is 0.478 e. The van der Waals surface area contributed by atoms with Crippen LogP contribution in [0.2, 0.25) is 0 Å². The highest BCUT2D eigenvalue weighted by Crippen LogP contribution is 2.35. The normalized spacial score (nSPS) is 23.7. The van der Waals surface area contributed by atoms with E-state index in [0.717, 1.165) is 19.3 Å². The number of carbonyl (C=O) groups is 2. The van der Waals surface area contributed by atoms with E-state index in [1.807, 2.05) is 0 Å². The van der Waals surface area contributed by atoms with Crippen molar-refractivity contribution in [2.45, 2.75) is 50.0 Å². The van der Waals surface area contributed by atoms with Gasteiger partial charge in [0.2, 0.25) is 15.9 Å². The Labute approximate surface area is 159 Å². The maximum Gasteiger partial charge on any atom is 0.335 e. The minimum atomic E-state index is -3.67. The second-order valence-corrected chi connectivity index (χ2v) is 9.35. The van der Waals surface area contributed by atoms with E-state index in [0.29, 0.717) is 37.9 Å². The lowest BCUT2D eigenvalue weighted by Crippen LogP contribution is -2.43. The van der Waals surface area contributed by atoms with Gasteiger partial charge < -0.3 is 10.4 Å². The van der Waals surface area contributed by atoms with Crippen molar-refractivity contribution in [3.63, 3.8) is 0 Å². The van der Waals surface area contributed by atoms with Crippen LogP contribution in [0.5, 0.6) is 0 Å². The Morgan fingerprint density at radius 3 is 2.37 bits per heavy atom. The number of carboxylic acid groups (broad SMARTS) is 1. The van der Waals surface area contributed by atoms with Crippen molar-refractivity contribution >= 4 is 21.9 Å². The van der Waals surface area contributed by atoms with Gasteiger partial charge in [0.05, 0.1) is 10.5 Å². The standard InChI is InChI=1S/C19H26N2O5S/c1-2-3-15-12-17(15)20-18(22)13-8-10-21(11-9-13)27(25,26)16-6-4-14(5-7-16)19(23)24/h4-7,13,15,17H,2-3,8-12H2,1H3,(H,20,22)(H,23,24).